The lowest BCUT2D eigenvalue weighted by atomic mass is 10.1. The van der Waals surface area contributed by atoms with Gasteiger partial charge in [0.15, 0.2) is 0 Å². The molecule has 0 aliphatic rings. The predicted octanol–water partition coefficient (Wildman–Crippen LogP) is 5.09. The lowest BCUT2D eigenvalue weighted by molar-refractivity contribution is -0.116. The molecule has 0 saturated heterocycles. The minimum absolute atomic E-state index is 0.0284. The first-order valence-electron chi connectivity index (χ1n) is 9.46. The number of nitrogens with one attached hydrogen (secondary N) is 1. The Hall–Kier alpha value is -3.15. The van der Waals surface area contributed by atoms with E-state index < -0.39 is 0 Å². The summed E-state index contributed by atoms with van der Waals surface area (Å²) in [6.07, 6.45) is 5.03. The molecule has 150 valence electrons. The van der Waals surface area contributed by atoms with Gasteiger partial charge >= 0.3 is 0 Å². The minimum atomic E-state index is -0.177. The van der Waals surface area contributed by atoms with E-state index in [4.69, 9.17) is 11.6 Å². The molecule has 0 saturated carbocycles. The molecule has 4 nitrogen and oxygen atoms in total. The Morgan fingerprint density at radius 1 is 1.00 bits per heavy atom. The quantitative estimate of drug-likeness (QED) is 0.429. The van der Waals surface area contributed by atoms with Crippen molar-refractivity contribution in [1.82, 2.24) is 9.88 Å². The number of rotatable bonds is 6. The molecule has 6 heteroatoms. The Morgan fingerprint density at radius 3 is 2.50 bits per heavy atom. The maximum Gasteiger partial charge on any atom is 0.250 e. The molecular formula is C24H19ClN2O2S. The van der Waals surface area contributed by atoms with E-state index in [1.807, 2.05) is 54.6 Å². The van der Waals surface area contributed by atoms with Gasteiger partial charge in [0.1, 0.15) is 0 Å². The van der Waals surface area contributed by atoms with Gasteiger partial charge in [0, 0.05) is 39.8 Å². The summed E-state index contributed by atoms with van der Waals surface area (Å²) in [6.45, 7) is 0.944. The first kappa shape index (κ1) is 20.1. The number of thiophene rings is 1. The maximum atomic E-state index is 12.2. The zero-order chi connectivity index (χ0) is 20.9. The van der Waals surface area contributed by atoms with Crippen LogP contribution in [0.3, 0.4) is 0 Å². The topological polar surface area (TPSA) is 51.1 Å². The van der Waals surface area contributed by atoms with Crippen LogP contribution in [-0.4, -0.2) is 10.5 Å². The Balaban J connectivity index is 1.34. The number of carbonyl (C=O) groups excluding carboxylic acids is 1. The van der Waals surface area contributed by atoms with Crippen LogP contribution in [0.5, 0.6) is 0 Å². The Bertz CT molecular complexity index is 1270. The summed E-state index contributed by atoms with van der Waals surface area (Å²) in [5, 5.41) is 4.56. The molecule has 0 atom stereocenters. The van der Waals surface area contributed by atoms with Crippen molar-refractivity contribution >= 4 is 45.0 Å². The molecule has 1 amide bonds. The van der Waals surface area contributed by atoms with E-state index in [9.17, 15) is 9.59 Å². The van der Waals surface area contributed by atoms with Crippen LogP contribution in [0.1, 0.15) is 16.0 Å². The molecule has 4 rings (SSSR count). The molecule has 2 heterocycles. The van der Waals surface area contributed by atoms with E-state index in [-0.39, 0.29) is 11.5 Å². The Kier molecular flexibility index (Phi) is 6.12. The van der Waals surface area contributed by atoms with Crippen molar-refractivity contribution in [3.05, 3.63) is 110 Å². The molecule has 1 N–H and O–H groups in total. The van der Waals surface area contributed by atoms with Crippen molar-refractivity contribution in [3.8, 4) is 0 Å². The largest absolute Gasteiger partial charge is 0.348 e. The summed E-state index contributed by atoms with van der Waals surface area (Å²) in [6, 6.07) is 20.9. The van der Waals surface area contributed by atoms with Crippen molar-refractivity contribution in [1.29, 1.82) is 0 Å². The van der Waals surface area contributed by atoms with Gasteiger partial charge in [-0.3, -0.25) is 9.59 Å². The second kappa shape index (κ2) is 9.11. The highest BCUT2D eigenvalue weighted by atomic mass is 35.5. The number of aromatic nitrogens is 1. The fraction of sp³-hybridized carbons (Fsp3) is 0.0833. The fourth-order valence-electron chi connectivity index (χ4n) is 3.09. The zero-order valence-corrected chi connectivity index (χ0v) is 17.6. The van der Waals surface area contributed by atoms with Crippen LogP contribution in [0.15, 0.2) is 83.8 Å². The number of hydrogen-bond donors (Lipinski definition) is 1. The lowest BCUT2D eigenvalue weighted by Gasteiger charge is -2.07. The van der Waals surface area contributed by atoms with Crippen LogP contribution in [-0.2, 0) is 17.9 Å². The van der Waals surface area contributed by atoms with Crippen LogP contribution in [0.2, 0.25) is 5.02 Å². The highest BCUT2D eigenvalue weighted by Gasteiger charge is 2.07. The van der Waals surface area contributed by atoms with Crippen LogP contribution >= 0.6 is 22.9 Å². The number of halogens is 1. The maximum absolute atomic E-state index is 12.2. The third-order valence-electron chi connectivity index (χ3n) is 4.69. The van der Waals surface area contributed by atoms with Crippen LogP contribution in [0.4, 0.5) is 0 Å². The average molecular weight is 435 g/mol. The molecule has 0 fully saturated rings. The molecule has 0 aliphatic carbocycles. The van der Waals surface area contributed by atoms with Crippen molar-refractivity contribution in [2.75, 3.05) is 0 Å². The van der Waals surface area contributed by atoms with Crippen molar-refractivity contribution in [3.63, 3.8) is 0 Å². The van der Waals surface area contributed by atoms with Gasteiger partial charge in [-0.15, -0.1) is 11.3 Å². The Morgan fingerprint density at radius 2 is 1.73 bits per heavy atom. The van der Waals surface area contributed by atoms with Crippen molar-refractivity contribution in [2.45, 2.75) is 13.1 Å². The minimum Gasteiger partial charge on any atom is -0.348 e. The Labute approximate surface area is 183 Å². The molecule has 0 unspecified atom stereocenters. The van der Waals surface area contributed by atoms with Crippen molar-refractivity contribution in [2.24, 2.45) is 0 Å². The summed E-state index contributed by atoms with van der Waals surface area (Å²) in [4.78, 5) is 24.9. The first-order chi connectivity index (χ1) is 14.6. The molecule has 30 heavy (non-hydrogen) atoms. The average Bonchev–Trinajstić information content (AvgIpc) is 3.09. The third-order valence-corrected chi connectivity index (χ3v) is 6.34. The zero-order valence-electron chi connectivity index (χ0n) is 16.0. The third kappa shape index (κ3) is 4.70. The van der Waals surface area contributed by atoms with E-state index in [0.717, 1.165) is 26.1 Å². The summed E-state index contributed by atoms with van der Waals surface area (Å²) < 4.78 is 2.75. The van der Waals surface area contributed by atoms with Gasteiger partial charge in [-0.05, 0) is 29.3 Å². The summed E-state index contributed by atoms with van der Waals surface area (Å²) in [7, 11) is 0. The summed E-state index contributed by atoms with van der Waals surface area (Å²) in [5.41, 5.74) is 1.98. The number of benzene rings is 2. The van der Waals surface area contributed by atoms with Crippen LogP contribution in [0, 0.1) is 0 Å². The fourth-order valence-corrected chi connectivity index (χ4v) is 4.49. The second-order valence-corrected chi connectivity index (χ2v) is 8.27. The normalized spacial score (nSPS) is 11.2. The van der Waals surface area contributed by atoms with Gasteiger partial charge in [-0.25, -0.2) is 0 Å². The monoisotopic (exact) mass is 434 g/mol. The molecule has 0 spiro atoms. The molecule has 2 aromatic carbocycles. The molecule has 2 aromatic heterocycles. The number of pyridine rings is 1. The van der Waals surface area contributed by atoms with Gasteiger partial charge < -0.3 is 9.88 Å². The van der Waals surface area contributed by atoms with Gasteiger partial charge in [-0.2, -0.15) is 0 Å². The molecule has 0 bridgehead atoms. The molecular weight excluding hydrogens is 416 g/mol. The van der Waals surface area contributed by atoms with Crippen LogP contribution in [0.25, 0.3) is 16.2 Å². The van der Waals surface area contributed by atoms with E-state index in [2.05, 4.69) is 5.32 Å². The first-order valence-corrected chi connectivity index (χ1v) is 10.7. The van der Waals surface area contributed by atoms with Gasteiger partial charge in [0.25, 0.3) is 5.56 Å². The number of hydrogen-bond acceptors (Lipinski definition) is 3. The second-order valence-electron chi connectivity index (χ2n) is 6.81. The highest BCUT2D eigenvalue weighted by molar-refractivity contribution is 7.20. The van der Waals surface area contributed by atoms with Gasteiger partial charge in [0.2, 0.25) is 5.91 Å². The number of carbonyl (C=O) groups is 1. The van der Waals surface area contributed by atoms with Gasteiger partial charge in [-0.1, -0.05) is 60.1 Å². The van der Waals surface area contributed by atoms with E-state index in [1.54, 1.807) is 40.3 Å². The standard InChI is InChI=1S/C24H19ClN2O2S/c25-24-19-5-1-2-6-20(19)30-21(24)12-13-22(28)26-15-17-8-10-18(11-9-17)16-27-14-4-3-7-23(27)29/h1-14H,15-16H2,(H,26,28)/b13-12+. The summed E-state index contributed by atoms with van der Waals surface area (Å²) >= 11 is 7.96. The smallest absolute Gasteiger partial charge is 0.250 e. The van der Waals surface area contributed by atoms with Crippen molar-refractivity contribution < 1.29 is 4.79 Å². The number of amides is 1. The number of fused-ring (bicyclic) bond motifs is 1. The predicted molar refractivity (Wildman–Crippen MR) is 124 cm³/mol. The molecule has 0 aliphatic heterocycles. The summed E-state index contributed by atoms with van der Waals surface area (Å²) in [5.74, 6) is -0.177. The lowest BCUT2D eigenvalue weighted by Crippen LogP contribution is -2.20. The van der Waals surface area contributed by atoms with Crippen LogP contribution < -0.4 is 10.9 Å². The SMILES string of the molecule is O=C(/C=C/c1sc2ccccc2c1Cl)NCc1ccc(Cn2ccccc2=O)cc1. The number of nitrogens with zero attached hydrogens (tertiary/aromatic N) is 1. The molecule has 0 radical (unpaired) electrons. The molecule has 4 aromatic rings. The van der Waals surface area contributed by atoms with E-state index in [0.29, 0.717) is 18.1 Å². The van der Waals surface area contributed by atoms with Gasteiger partial charge in [0.05, 0.1) is 11.6 Å². The van der Waals surface area contributed by atoms with E-state index in [1.165, 1.54) is 6.08 Å². The van der Waals surface area contributed by atoms with E-state index >= 15 is 0 Å². The highest BCUT2D eigenvalue weighted by Crippen LogP contribution is 2.35.